The number of esters is 1. The van der Waals surface area contributed by atoms with Crippen LogP contribution in [0.4, 0.5) is 5.69 Å². The standard InChI is InChI=1S/C25H26N2O2S/c1-3-29-24(28)22-14-16-23(17-15-22)26-25(30-2)27(18-20-10-6-4-7-11-20)19-21-12-8-5-9-13-21/h4-17H,3,18-19H2,1-2H3. The van der Waals surface area contributed by atoms with Gasteiger partial charge in [0.15, 0.2) is 5.17 Å². The molecule has 0 aliphatic rings. The SMILES string of the molecule is CCOC(=O)c1ccc(N=C(SC)N(Cc2ccccc2)Cc2ccccc2)cc1. The average Bonchev–Trinajstić information content (AvgIpc) is 2.79. The van der Waals surface area contributed by atoms with E-state index >= 15 is 0 Å². The normalized spacial score (nSPS) is 11.2. The zero-order valence-electron chi connectivity index (χ0n) is 17.3. The summed E-state index contributed by atoms with van der Waals surface area (Å²) in [5.74, 6) is -0.312. The van der Waals surface area contributed by atoms with Gasteiger partial charge in [-0.25, -0.2) is 9.79 Å². The first-order valence-electron chi connectivity index (χ1n) is 9.92. The monoisotopic (exact) mass is 418 g/mol. The summed E-state index contributed by atoms with van der Waals surface area (Å²) < 4.78 is 5.05. The lowest BCUT2D eigenvalue weighted by molar-refractivity contribution is 0.0526. The van der Waals surface area contributed by atoms with Gasteiger partial charge in [-0.2, -0.15) is 0 Å². The van der Waals surface area contributed by atoms with Crippen LogP contribution in [0.1, 0.15) is 28.4 Å². The van der Waals surface area contributed by atoms with Crippen LogP contribution in [0.25, 0.3) is 0 Å². The van der Waals surface area contributed by atoms with Crippen LogP contribution in [0, 0.1) is 0 Å². The number of benzene rings is 3. The molecule has 5 heteroatoms. The molecular weight excluding hydrogens is 392 g/mol. The van der Waals surface area contributed by atoms with E-state index in [1.54, 1.807) is 30.8 Å². The van der Waals surface area contributed by atoms with Crippen molar-refractivity contribution in [3.05, 3.63) is 102 Å². The lowest BCUT2D eigenvalue weighted by Crippen LogP contribution is -2.27. The van der Waals surface area contributed by atoms with E-state index < -0.39 is 0 Å². The smallest absolute Gasteiger partial charge is 0.338 e. The van der Waals surface area contributed by atoms with Gasteiger partial charge >= 0.3 is 5.97 Å². The van der Waals surface area contributed by atoms with Crippen molar-refractivity contribution in [1.82, 2.24) is 4.90 Å². The van der Waals surface area contributed by atoms with E-state index in [1.807, 2.05) is 30.5 Å². The molecule has 0 saturated carbocycles. The number of hydrogen-bond acceptors (Lipinski definition) is 4. The van der Waals surface area contributed by atoms with Gasteiger partial charge in [0.25, 0.3) is 0 Å². The van der Waals surface area contributed by atoms with E-state index in [9.17, 15) is 4.79 Å². The minimum atomic E-state index is -0.312. The fourth-order valence-electron chi connectivity index (χ4n) is 3.04. The molecule has 0 N–H and O–H groups in total. The van der Waals surface area contributed by atoms with E-state index in [0.717, 1.165) is 23.9 Å². The molecule has 0 amide bonds. The second-order valence-corrected chi connectivity index (χ2v) is 7.47. The Morgan fingerprint density at radius 3 is 1.87 bits per heavy atom. The lowest BCUT2D eigenvalue weighted by atomic mass is 10.2. The third-order valence-electron chi connectivity index (χ3n) is 4.49. The van der Waals surface area contributed by atoms with Crippen LogP contribution in [0.5, 0.6) is 0 Å². The van der Waals surface area contributed by atoms with Crippen molar-refractivity contribution in [2.75, 3.05) is 12.9 Å². The number of thioether (sulfide) groups is 1. The molecule has 3 aromatic carbocycles. The van der Waals surface area contributed by atoms with Gasteiger partial charge in [-0.15, -0.1) is 0 Å². The van der Waals surface area contributed by atoms with E-state index in [-0.39, 0.29) is 5.97 Å². The van der Waals surface area contributed by atoms with Gasteiger partial charge in [-0.1, -0.05) is 72.4 Å². The summed E-state index contributed by atoms with van der Waals surface area (Å²) in [6.45, 7) is 3.69. The molecule has 4 nitrogen and oxygen atoms in total. The number of hydrogen-bond donors (Lipinski definition) is 0. The van der Waals surface area contributed by atoms with Crippen LogP contribution in [-0.2, 0) is 17.8 Å². The number of carbonyl (C=O) groups excluding carboxylic acids is 1. The van der Waals surface area contributed by atoms with Gasteiger partial charge < -0.3 is 9.64 Å². The Labute approximate surface area is 182 Å². The summed E-state index contributed by atoms with van der Waals surface area (Å²) in [6, 6.07) is 28.0. The zero-order chi connectivity index (χ0) is 21.2. The molecule has 0 saturated heterocycles. The molecule has 0 spiro atoms. The van der Waals surface area contributed by atoms with Gasteiger partial charge in [0.05, 0.1) is 17.9 Å². The molecule has 3 rings (SSSR count). The van der Waals surface area contributed by atoms with Gasteiger partial charge in [-0.3, -0.25) is 0 Å². The number of rotatable bonds is 7. The highest BCUT2D eigenvalue weighted by Crippen LogP contribution is 2.21. The molecule has 0 aliphatic heterocycles. The van der Waals surface area contributed by atoms with Crippen LogP contribution < -0.4 is 0 Å². The molecule has 3 aromatic rings. The summed E-state index contributed by atoms with van der Waals surface area (Å²) in [5.41, 5.74) is 3.80. The van der Waals surface area contributed by atoms with Crippen LogP contribution in [0.2, 0.25) is 0 Å². The highest BCUT2D eigenvalue weighted by atomic mass is 32.2. The maximum absolute atomic E-state index is 11.9. The lowest BCUT2D eigenvalue weighted by Gasteiger charge is -2.25. The molecule has 0 heterocycles. The third kappa shape index (κ3) is 6.22. The van der Waals surface area contributed by atoms with Crippen LogP contribution in [-0.4, -0.2) is 28.9 Å². The summed E-state index contributed by atoms with van der Waals surface area (Å²) in [7, 11) is 0. The summed E-state index contributed by atoms with van der Waals surface area (Å²) in [6.07, 6.45) is 2.04. The second-order valence-electron chi connectivity index (χ2n) is 6.69. The molecule has 0 fully saturated rings. The van der Waals surface area contributed by atoms with E-state index in [1.165, 1.54) is 11.1 Å². The Balaban J connectivity index is 1.86. The average molecular weight is 419 g/mol. The van der Waals surface area contributed by atoms with Crippen molar-refractivity contribution in [3.63, 3.8) is 0 Å². The molecule has 0 radical (unpaired) electrons. The van der Waals surface area contributed by atoms with Gasteiger partial charge in [0, 0.05) is 13.1 Å². The molecule has 0 atom stereocenters. The highest BCUT2D eigenvalue weighted by molar-refractivity contribution is 8.13. The first-order chi connectivity index (χ1) is 14.7. The largest absolute Gasteiger partial charge is 0.462 e. The van der Waals surface area contributed by atoms with Crippen LogP contribution in [0.3, 0.4) is 0 Å². The third-order valence-corrected chi connectivity index (χ3v) is 5.20. The second kappa shape index (κ2) is 11.2. The Morgan fingerprint density at radius 1 is 0.867 bits per heavy atom. The van der Waals surface area contributed by atoms with E-state index in [0.29, 0.717) is 12.2 Å². The van der Waals surface area contributed by atoms with Crippen LogP contribution in [0.15, 0.2) is 89.9 Å². The molecular formula is C25H26N2O2S. The highest BCUT2D eigenvalue weighted by Gasteiger charge is 2.13. The molecule has 0 unspecified atom stereocenters. The Bertz CT molecular complexity index is 916. The van der Waals surface area contributed by atoms with Crippen LogP contribution >= 0.6 is 11.8 Å². The molecule has 0 aromatic heterocycles. The van der Waals surface area contributed by atoms with Crippen molar-refractivity contribution in [2.24, 2.45) is 4.99 Å². The fraction of sp³-hybridized carbons (Fsp3) is 0.200. The number of ether oxygens (including phenoxy) is 1. The minimum absolute atomic E-state index is 0.312. The molecule has 0 aliphatic carbocycles. The molecule has 154 valence electrons. The molecule has 30 heavy (non-hydrogen) atoms. The first-order valence-corrected chi connectivity index (χ1v) is 11.1. The maximum Gasteiger partial charge on any atom is 0.338 e. The quantitative estimate of drug-likeness (QED) is 0.271. The molecule has 0 bridgehead atoms. The van der Waals surface area contributed by atoms with Crippen molar-refractivity contribution in [2.45, 2.75) is 20.0 Å². The number of aliphatic imine (C=N–C) groups is 1. The summed E-state index contributed by atoms with van der Waals surface area (Å²) >= 11 is 1.61. The van der Waals surface area contributed by atoms with E-state index in [2.05, 4.69) is 53.4 Å². The maximum atomic E-state index is 11.9. The summed E-state index contributed by atoms with van der Waals surface area (Å²) in [5, 5.41) is 0.923. The van der Waals surface area contributed by atoms with Crippen molar-refractivity contribution < 1.29 is 9.53 Å². The number of amidine groups is 1. The van der Waals surface area contributed by atoms with Crippen molar-refractivity contribution in [1.29, 1.82) is 0 Å². The predicted molar refractivity (Wildman–Crippen MR) is 125 cm³/mol. The Hall–Kier alpha value is -3.05. The van der Waals surface area contributed by atoms with Gasteiger partial charge in [0.2, 0.25) is 0 Å². The van der Waals surface area contributed by atoms with Gasteiger partial charge in [-0.05, 0) is 48.6 Å². The zero-order valence-corrected chi connectivity index (χ0v) is 18.1. The Morgan fingerprint density at radius 2 is 1.40 bits per heavy atom. The van der Waals surface area contributed by atoms with Crippen molar-refractivity contribution >= 4 is 28.6 Å². The van der Waals surface area contributed by atoms with Crippen molar-refractivity contribution in [3.8, 4) is 0 Å². The van der Waals surface area contributed by atoms with E-state index in [4.69, 9.17) is 9.73 Å². The summed E-state index contributed by atoms with van der Waals surface area (Å²) in [4.78, 5) is 19.0. The van der Waals surface area contributed by atoms with Gasteiger partial charge in [0.1, 0.15) is 0 Å². The number of carbonyl (C=O) groups is 1. The fourth-order valence-corrected chi connectivity index (χ4v) is 3.63. The first kappa shape index (κ1) is 21.7. The Kier molecular flexibility index (Phi) is 8.10. The minimum Gasteiger partial charge on any atom is -0.462 e. The number of nitrogens with zero attached hydrogens (tertiary/aromatic N) is 2. The predicted octanol–water partition coefficient (Wildman–Crippen LogP) is 5.92. The topological polar surface area (TPSA) is 41.9 Å².